The molecule has 6 nitrogen and oxygen atoms in total. The standard InChI is InChI=1S/C33H46Br4N2O4/c1-21-9-5-7-11-38(21)17-25(40)19-42-31-27(34)13-23(14-28(31)35)33(3,4)24-15-29(36)32(30(37)16-24)43-20-26(41)18-39-12-8-6-10-22(39)2/h13-16,21-22,25-26,40-41H,5-12,17-20H2,1-4H3/t21-,22-,25+,26+/m1/s1. The molecular weight excluding hydrogens is 808 g/mol. The zero-order chi connectivity index (χ0) is 31.3. The van der Waals surface area contributed by atoms with E-state index >= 15 is 0 Å². The molecule has 2 fully saturated rings. The number of β-amino-alcohol motifs (C(OH)–C–C–N with tert-alkyl or cyclic N) is 2. The van der Waals surface area contributed by atoms with Crippen LogP contribution in [0.5, 0.6) is 11.5 Å². The van der Waals surface area contributed by atoms with Crippen LogP contribution in [0.3, 0.4) is 0 Å². The van der Waals surface area contributed by atoms with Gasteiger partial charge in [-0.25, -0.2) is 0 Å². The number of likely N-dealkylation sites (tertiary alicyclic amines) is 2. The number of hydrogen-bond donors (Lipinski definition) is 2. The second-order valence-corrected chi connectivity index (χ2v) is 16.2. The molecule has 0 saturated carbocycles. The van der Waals surface area contributed by atoms with Gasteiger partial charge in [-0.2, -0.15) is 0 Å². The molecule has 2 N–H and O–H groups in total. The maximum atomic E-state index is 10.7. The summed E-state index contributed by atoms with van der Waals surface area (Å²) in [5.41, 5.74) is 1.85. The van der Waals surface area contributed by atoms with Gasteiger partial charge in [0.1, 0.15) is 36.9 Å². The van der Waals surface area contributed by atoms with Crippen molar-refractivity contribution in [3.8, 4) is 11.5 Å². The summed E-state index contributed by atoms with van der Waals surface area (Å²) in [6.07, 6.45) is 6.18. The highest BCUT2D eigenvalue weighted by Gasteiger charge is 2.28. The van der Waals surface area contributed by atoms with Crippen molar-refractivity contribution in [3.63, 3.8) is 0 Å². The van der Waals surface area contributed by atoms with Crippen molar-refractivity contribution in [2.24, 2.45) is 0 Å². The van der Waals surface area contributed by atoms with Crippen LogP contribution >= 0.6 is 63.7 Å². The molecule has 2 aliphatic heterocycles. The SMILES string of the molecule is C[C@@H]1CCCCN1C[C@H](O)COc1c(Br)cc(C(C)(C)c2cc(Br)c(OC[C@@H](O)CN3CCCC[C@H]3C)c(Br)c2)cc1Br. The van der Waals surface area contributed by atoms with Gasteiger partial charge in [0, 0.05) is 30.6 Å². The summed E-state index contributed by atoms with van der Waals surface area (Å²) >= 11 is 14.9. The van der Waals surface area contributed by atoms with Crippen LogP contribution in [0.4, 0.5) is 0 Å². The number of aliphatic hydroxyl groups excluding tert-OH is 2. The van der Waals surface area contributed by atoms with Crippen molar-refractivity contribution in [2.45, 2.75) is 95.9 Å². The molecule has 2 saturated heterocycles. The summed E-state index contributed by atoms with van der Waals surface area (Å²) in [4.78, 5) is 4.72. The monoisotopic (exact) mass is 850 g/mol. The molecule has 2 aromatic carbocycles. The smallest absolute Gasteiger partial charge is 0.147 e. The second-order valence-electron chi connectivity index (χ2n) is 12.8. The Morgan fingerprint density at radius 2 is 1.05 bits per heavy atom. The van der Waals surface area contributed by atoms with E-state index in [2.05, 4.69) is 125 Å². The molecule has 240 valence electrons. The van der Waals surface area contributed by atoms with Crippen molar-refractivity contribution in [1.82, 2.24) is 9.80 Å². The Labute approximate surface area is 291 Å². The van der Waals surface area contributed by atoms with Crippen LogP contribution in [-0.2, 0) is 5.41 Å². The fourth-order valence-corrected chi connectivity index (χ4v) is 8.98. The van der Waals surface area contributed by atoms with E-state index in [-0.39, 0.29) is 18.6 Å². The lowest BCUT2D eigenvalue weighted by Crippen LogP contribution is -2.43. The number of hydrogen-bond acceptors (Lipinski definition) is 6. The Kier molecular flexibility index (Phi) is 13.3. The zero-order valence-corrected chi connectivity index (χ0v) is 32.1. The molecule has 0 aromatic heterocycles. The molecule has 0 amide bonds. The van der Waals surface area contributed by atoms with Gasteiger partial charge in [0.2, 0.25) is 0 Å². The van der Waals surface area contributed by atoms with Crippen molar-refractivity contribution in [2.75, 3.05) is 39.4 Å². The molecule has 2 heterocycles. The number of halogens is 4. The summed E-state index contributed by atoms with van der Waals surface area (Å²) in [5.74, 6) is 1.38. The number of nitrogens with zero attached hydrogens (tertiary/aromatic N) is 2. The van der Waals surface area contributed by atoms with E-state index in [1.807, 2.05) is 0 Å². The van der Waals surface area contributed by atoms with Crippen LogP contribution in [0.25, 0.3) is 0 Å². The fourth-order valence-electron chi connectivity index (χ4n) is 6.15. The first-order valence-corrected chi connectivity index (χ1v) is 18.6. The Hall–Kier alpha value is -0.200. The number of ether oxygens (including phenoxy) is 2. The minimum atomic E-state index is -0.555. The lowest BCUT2D eigenvalue weighted by Gasteiger charge is -2.34. The third-order valence-electron chi connectivity index (χ3n) is 9.05. The lowest BCUT2D eigenvalue weighted by molar-refractivity contribution is 0.0434. The van der Waals surface area contributed by atoms with E-state index in [0.29, 0.717) is 36.7 Å². The number of aliphatic hydroxyl groups is 2. The molecule has 0 spiro atoms. The Balaban J connectivity index is 1.40. The van der Waals surface area contributed by atoms with Gasteiger partial charge in [-0.3, -0.25) is 9.80 Å². The molecule has 0 radical (unpaired) electrons. The van der Waals surface area contributed by atoms with Gasteiger partial charge >= 0.3 is 0 Å². The maximum Gasteiger partial charge on any atom is 0.147 e. The maximum absolute atomic E-state index is 10.7. The first kappa shape index (κ1) is 35.7. The summed E-state index contributed by atoms with van der Waals surface area (Å²) in [7, 11) is 0. The quantitative estimate of drug-likeness (QED) is 0.224. The van der Waals surface area contributed by atoms with Crippen LogP contribution in [0.2, 0.25) is 0 Å². The van der Waals surface area contributed by atoms with Gasteiger partial charge in [0.15, 0.2) is 0 Å². The molecule has 0 unspecified atom stereocenters. The molecule has 4 atom stereocenters. The van der Waals surface area contributed by atoms with Crippen molar-refractivity contribution < 1.29 is 19.7 Å². The average Bonchev–Trinajstić information content (AvgIpc) is 2.94. The topological polar surface area (TPSA) is 65.4 Å². The van der Waals surface area contributed by atoms with E-state index in [1.165, 1.54) is 38.5 Å². The van der Waals surface area contributed by atoms with Crippen LogP contribution in [0.1, 0.15) is 77.3 Å². The summed E-state index contributed by atoms with van der Waals surface area (Å²) < 4.78 is 15.5. The highest BCUT2D eigenvalue weighted by atomic mass is 79.9. The molecule has 2 aromatic rings. The minimum absolute atomic E-state index is 0.232. The van der Waals surface area contributed by atoms with Gasteiger partial charge in [-0.15, -0.1) is 0 Å². The van der Waals surface area contributed by atoms with Gasteiger partial charge in [0.25, 0.3) is 0 Å². The predicted molar refractivity (Wildman–Crippen MR) is 189 cm³/mol. The van der Waals surface area contributed by atoms with Crippen LogP contribution in [-0.4, -0.2) is 83.7 Å². The van der Waals surface area contributed by atoms with Crippen LogP contribution in [0.15, 0.2) is 42.2 Å². The summed E-state index contributed by atoms with van der Waals surface area (Å²) in [5, 5.41) is 21.4. The predicted octanol–water partition coefficient (Wildman–Crippen LogP) is 8.29. The van der Waals surface area contributed by atoms with E-state index in [9.17, 15) is 10.2 Å². The highest BCUT2D eigenvalue weighted by molar-refractivity contribution is 9.11. The normalized spacial score (nSPS) is 21.9. The first-order chi connectivity index (χ1) is 20.4. The van der Waals surface area contributed by atoms with E-state index in [1.54, 1.807) is 0 Å². The first-order valence-electron chi connectivity index (χ1n) is 15.5. The average molecular weight is 854 g/mol. The van der Waals surface area contributed by atoms with Gasteiger partial charge in [0.05, 0.1) is 17.9 Å². The molecule has 0 bridgehead atoms. The fraction of sp³-hybridized carbons (Fsp3) is 0.636. The molecule has 2 aliphatic rings. The van der Waals surface area contributed by atoms with E-state index in [0.717, 1.165) is 42.1 Å². The van der Waals surface area contributed by atoms with Crippen LogP contribution in [0, 0.1) is 0 Å². The third kappa shape index (κ3) is 9.43. The minimum Gasteiger partial charge on any atom is -0.488 e. The van der Waals surface area contributed by atoms with E-state index in [4.69, 9.17) is 9.47 Å². The second kappa shape index (κ2) is 16.1. The number of piperidine rings is 2. The lowest BCUT2D eigenvalue weighted by atomic mass is 9.78. The van der Waals surface area contributed by atoms with Crippen molar-refractivity contribution in [1.29, 1.82) is 0 Å². The summed E-state index contributed by atoms with van der Waals surface area (Å²) in [6, 6.07) is 9.35. The number of benzene rings is 2. The van der Waals surface area contributed by atoms with Gasteiger partial charge in [-0.05, 0) is 152 Å². The Morgan fingerprint density at radius 3 is 1.37 bits per heavy atom. The van der Waals surface area contributed by atoms with E-state index < -0.39 is 12.2 Å². The van der Waals surface area contributed by atoms with Gasteiger partial charge < -0.3 is 19.7 Å². The molecule has 0 aliphatic carbocycles. The Bertz CT molecular complexity index is 1090. The van der Waals surface area contributed by atoms with Gasteiger partial charge in [-0.1, -0.05) is 26.7 Å². The van der Waals surface area contributed by atoms with Crippen molar-refractivity contribution >= 4 is 63.7 Å². The van der Waals surface area contributed by atoms with Crippen LogP contribution < -0.4 is 9.47 Å². The molecule has 4 rings (SSSR count). The third-order valence-corrected chi connectivity index (χ3v) is 11.4. The molecular formula is C33H46Br4N2O4. The highest BCUT2D eigenvalue weighted by Crippen LogP contribution is 2.44. The largest absolute Gasteiger partial charge is 0.488 e. The molecule has 43 heavy (non-hydrogen) atoms. The summed E-state index contributed by atoms with van der Waals surface area (Å²) in [6.45, 7) is 12.6. The Morgan fingerprint density at radius 1 is 0.698 bits per heavy atom. The number of rotatable bonds is 12. The van der Waals surface area contributed by atoms with Crippen molar-refractivity contribution in [3.05, 3.63) is 53.3 Å². The zero-order valence-electron chi connectivity index (χ0n) is 25.7. The molecule has 10 heteroatoms.